The second-order valence-electron chi connectivity index (χ2n) is 5.02. The largest absolute Gasteiger partial charge is 0.332 e. The number of fused-ring (bicyclic) bond motifs is 3. The molecule has 1 unspecified atom stereocenters. The van der Waals surface area contributed by atoms with Crippen LogP contribution in [-0.4, -0.2) is 43.9 Å². The van der Waals surface area contributed by atoms with Crippen LogP contribution in [-0.2, 0) is 13.6 Å². The van der Waals surface area contributed by atoms with Crippen LogP contribution in [0, 0.1) is 11.8 Å². The van der Waals surface area contributed by atoms with Crippen molar-refractivity contribution in [3.05, 3.63) is 12.7 Å². The fourth-order valence-electron chi connectivity index (χ4n) is 3.10. The zero-order valence-electron chi connectivity index (χ0n) is 10.1. The average Bonchev–Trinajstić information content (AvgIpc) is 2.90. The monoisotopic (exact) mass is 257 g/mol. The maximum Gasteiger partial charge on any atom is 0.332 e. The molecule has 0 aromatic carbocycles. The second-order valence-corrected chi connectivity index (χ2v) is 6.24. The molecule has 5 heteroatoms. The molecule has 0 saturated carbocycles. The molecule has 4 aliphatic heterocycles. The Bertz CT molecular complexity index is 283. The third-order valence-corrected chi connectivity index (χ3v) is 5.23. The minimum absolute atomic E-state index is 0.556. The van der Waals surface area contributed by atoms with Crippen molar-refractivity contribution in [2.45, 2.75) is 18.9 Å². The molecule has 96 valence electrons. The summed E-state index contributed by atoms with van der Waals surface area (Å²) in [5, 5.41) is 0. The Labute approximate surface area is 104 Å². The first-order valence-electron chi connectivity index (χ1n) is 6.42. The van der Waals surface area contributed by atoms with Gasteiger partial charge in [-0.2, -0.15) is 0 Å². The molecule has 0 radical (unpaired) electrons. The first-order valence-corrected chi connectivity index (χ1v) is 7.52. The molecule has 4 saturated heterocycles. The molecule has 0 aliphatic carbocycles. The fourth-order valence-corrected chi connectivity index (χ4v) is 4.07. The number of hydrogen-bond donors (Lipinski definition) is 0. The highest BCUT2D eigenvalue weighted by atomic mass is 31.2. The first-order chi connectivity index (χ1) is 8.36. The summed E-state index contributed by atoms with van der Waals surface area (Å²) in [4.78, 5) is 2.54. The molecule has 4 nitrogen and oxygen atoms in total. The molecular formula is C12H20NO3P. The lowest BCUT2D eigenvalue weighted by Crippen LogP contribution is -2.54. The summed E-state index contributed by atoms with van der Waals surface area (Å²) in [5.41, 5.74) is 0. The predicted molar refractivity (Wildman–Crippen MR) is 66.5 cm³/mol. The van der Waals surface area contributed by atoms with Gasteiger partial charge >= 0.3 is 8.60 Å². The molecule has 4 fully saturated rings. The minimum atomic E-state index is -1.04. The van der Waals surface area contributed by atoms with Gasteiger partial charge in [-0.3, -0.25) is 4.90 Å². The number of piperidine rings is 3. The van der Waals surface area contributed by atoms with Gasteiger partial charge in [0.05, 0.1) is 19.8 Å². The Morgan fingerprint density at radius 1 is 1.41 bits per heavy atom. The van der Waals surface area contributed by atoms with Crippen LogP contribution in [0.5, 0.6) is 0 Å². The van der Waals surface area contributed by atoms with Crippen LogP contribution in [0.1, 0.15) is 12.8 Å². The molecule has 4 aliphatic rings. The summed E-state index contributed by atoms with van der Waals surface area (Å²) in [6.07, 6.45) is 4.68. The highest BCUT2D eigenvalue weighted by Crippen LogP contribution is 2.45. The first kappa shape index (κ1) is 12.1. The van der Waals surface area contributed by atoms with E-state index in [2.05, 4.69) is 17.6 Å². The van der Waals surface area contributed by atoms with Crippen LogP contribution in [0.25, 0.3) is 0 Å². The number of hydrogen-bond acceptors (Lipinski definition) is 4. The van der Waals surface area contributed by atoms with Crippen molar-refractivity contribution in [2.24, 2.45) is 11.8 Å². The summed E-state index contributed by atoms with van der Waals surface area (Å²) in [6, 6.07) is 0.556. The van der Waals surface area contributed by atoms with Crippen molar-refractivity contribution >= 4 is 8.60 Å². The highest BCUT2D eigenvalue weighted by molar-refractivity contribution is 7.41. The third kappa shape index (κ3) is 2.56. The van der Waals surface area contributed by atoms with Gasteiger partial charge in [-0.1, -0.05) is 6.08 Å². The minimum Gasteiger partial charge on any atom is -0.311 e. The van der Waals surface area contributed by atoms with Crippen LogP contribution in [0.3, 0.4) is 0 Å². The van der Waals surface area contributed by atoms with Crippen LogP contribution < -0.4 is 0 Å². The standard InChI is InChI=1S/C12H20NO3P/c1-2-10-8-13-4-3-11(10)7-12(13)9-16-17-14-5-6-15-17/h2,10-12H,1,3-9H2/t10-,11-,12+/m0/s1. The molecule has 0 amide bonds. The maximum atomic E-state index is 5.72. The van der Waals surface area contributed by atoms with Crippen molar-refractivity contribution in [3.8, 4) is 0 Å². The Kier molecular flexibility index (Phi) is 3.78. The van der Waals surface area contributed by atoms with Crippen molar-refractivity contribution in [2.75, 3.05) is 32.9 Å². The van der Waals surface area contributed by atoms with Crippen molar-refractivity contribution in [1.29, 1.82) is 0 Å². The molecular weight excluding hydrogens is 237 g/mol. The van der Waals surface area contributed by atoms with E-state index in [0.29, 0.717) is 25.2 Å². The van der Waals surface area contributed by atoms with E-state index < -0.39 is 8.60 Å². The van der Waals surface area contributed by atoms with E-state index in [1.54, 1.807) is 0 Å². The van der Waals surface area contributed by atoms with Crippen molar-refractivity contribution in [3.63, 3.8) is 0 Å². The Hall–Kier alpha value is 0.0100. The summed E-state index contributed by atoms with van der Waals surface area (Å²) >= 11 is 0. The molecule has 0 N–H and O–H groups in total. The van der Waals surface area contributed by atoms with Gasteiger partial charge in [0.2, 0.25) is 0 Å². The summed E-state index contributed by atoms with van der Waals surface area (Å²) in [6.45, 7) is 8.43. The summed E-state index contributed by atoms with van der Waals surface area (Å²) in [7, 11) is -1.04. The van der Waals surface area contributed by atoms with Gasteiger partial charge in [0.25, 0.3) is 0 Å². The normalized spacial score (nSPS) is 41.9. The zero-order valence-corrected chi connectivity index (χ0v) is 11.0. The van der Waals surface area contributed by atoms with Crippen molar-refractivity contribution in [1.82, 2.24) is 4.90 Å². The lowest BCUT2D eigenvalue weighted by atomic mass is 9.76. The van der Waals surface area contributed by atoms with Crippen molar-refractivity contribution < 1.29 is 13.6 Å². The Morgan fingerprint density at radius 3 is 2.88 bits per heavy atom. The molecule has 17 heavy (non-hydrogen) atoms. The van der Waals surface area contributed by atoms with E-state index in [1.807, 2.05) is 0 Å². The fraction of sp³-hybridized carbons (Fsp3) is 0.833. The van der Waals surface area contributed by atoms with E-state index in [1.165, 1.54) is 19.4 Å². The van der Waals surface area contributed by atoms with E-state index in [0.717, 1.165) is 19.1 Å². The lowest BCUT2D eigenvalue weighted by Gasteiger charge is -2.49. The van der Waals surface area contributed by atoms with Crippen LogP contribution >= 0.6 is 8.60 Å². The number of nitrogens with zero attached hydrogens (tertiary/aromatic N) is 1. The quantitative estimate of drug-likeness (QED) is 0.570. The van der Waals surface area contributed by atoms with E-state index >= 15 is 0 Å². The number of rotatable bonds is 4. The van der Waals surface area contributed by atoms with E-state index in [-0.39, 0.29) is 0 Å². The molecule has 4 rings (SSSR count). The SMILES string of the molecule is C=C[C@H]1CN2CC[C@H]1C[C@@H]2COP1OCCO1. The average molecular weight is 257 g/mol. The Balaban J connectivity index is 1.50. The topological polar surface area (TPSA) is 30.9 Å². The predicted octanol–water partition coefficient (Wildman–Crippen LogP) is 2.17. The second kappa shape index (κ2) is 5.33. The smallest absolute Gasteiger partial charge is 0.311 e. The highest BCUT2D eigenvalue weighted by Gasteiger charge is 2.39. The third-order valence-electron chi connectivity index (χ3n) is 4.08. The molecule has 2 bridgehead atoms. The van der Waals surface area contributed by atoms with Gasteiger partial charge in [0.1, 0.15) is 0 Å². The molecule has 4 heterocycles. The Morgan fingerprint density at radius 2 is 2.24 bits per heavy atom. The van der Waals surface area contributed by atoms with E-state index in [9.17, 15) is 0 Å². The molecule has 0 spiro atoms. The van der Waals surface area contributed by atoms with Gasteiger partial charge < -0.3 is 13.6 Å². The zero-order chi connectivity index (χ0) is 11.7. The maximum absolute atomic E-state index is 5.72. The van der Waals surface area contributed by atoms with E-state index in [4.69, 9.17) is 13.6 Å². The van der Waals surface area contributed by atoms with Crippen LogP contribution in [0.2, 0.25) is 0 Å². The van der Waals surface area contributed by atoms with Gasteiger partial charge in [0, 0.05) is 12.6 Å². The summed E-state index contributed by atoms with van der Waals surface area (Å²) in [5.74, 6) is 1.49. The van der Waals surface area contributed by atoms with Crippen LogP contribution in [0.15, 0.2) is 12.7 Å². The van der Waals surface area contributed by atoms with Gasteiger partial charge in [-0.25, -0.2) is 0 Å². The molecule has 0 aromatic rings. The molecule has 4 atom stereocenters. The molecule has 0 aromatic heterocycles. The van der Waals surface area contributed by atoms with Gasteiger partial charge in [-0.05, 0) is 31.2 Å². The van der Waals surface area contributed by atoms with Gasteiger partial charge in [-0.15, -0.1) is 6.58 Å². The van der Waals surface area contributed by atoms with Crippen LogP contribution in [0.4, 0.5) is 0 Å². The summed E-state index contributed by atoms with van der Waals surface area (Å²) < 4.78 is 16.4. The van der Waals surface area contributed by atoms with Gasteiger partial charge in [0.15, 0.2) is 0 Å². The lowest BCUT2D eigenvalue weighted by molar-refractivity contribution is -0.00334.